The van der Waals surface area contributed by atoms with E-state index >= 15 is 0 Å². The van der Waals surface area contributed by atoms with Gasteiger partial charge in [-0.1, -0.05) is 25.5 Å². The summed E-state index contributed by atoms with van der Waals surface area (Å²) >= 11 is 0. The standard InChI is InChI=1S/C18H27NO2/c1-2-3-14-4-10-17(11-5-14)21-13-18(12-20,15-6-7-15)19-16-8-9-16/h4-5,10-11,15-16,19-20H,2-3,6-9,12-13H2,1H3. The van der Waals surface area contributed by atoms with Crippen LogP contribution >= 0.6 is 0 Å². The van der Waals surface area contributed by atoms with Gasteiger partial charge in [0.2, 0.25) is 0 Å². The van der Waals surface area contributed by atoms with Crippen LogP contribution in [0.4, 0.5) is 0 Å². The number of benzene rings is 1. The van der Waals surface area contributed by atoms with Crippen LogP contribution in [0, 0.1) is 5.92 Å². The molecular formula is C18H27NO2. The molecule has 0 amide bonds. The van der Waals surface area contributed by atoms with Crippen LogP contribution in [-0.2, 0) is 6.42 Å². The molecule has 1 unspecified atom stereocenters. The van der Waals surface area contributed by atoms with Gasteiger partial charge in [0.05, 0.1) is 12.1 Å². The van der Waals surface area contributed by atoms with E-state index in [0.29, 0.717) is 18.6 Å². The van der Waals surface area contributed by atoms with Crippen molar-refractivity contribution in [3.63, 3.8) is 0 Å². The van der Waals surface area contributed by atoms with Gasteiger partial charge in [0.1, 0.15) is 12.4 Å². The maximum absolute atomic E-state index is 9.91. The van der Waals surface area contributed by atoms with Crippen LogP contribution < -0.4 is 10.1 Å². The van der Waals surface area contributed by atoms with Gasteiger partial charge in [-0.3, -0.25) is 0 Å². The first-order valence-corrected chi connectivity index (χ1v) is 8.36. The SMILES string of the molecule is CCCc1ccc(OCC(CO)(NC2CC2)C2CC2)cc1. The molecule has 3 rings (SSSR count). The molecule has 0 aromatic heterocycles. The fraction of sp³-hybridized carbons (Fsp3) is 0.667. The summed E-state index contributed by atoms with van der Waals surface area (Å²) in [6.45, 7) is 2.93. The molecule has 2 saturated carbocycles. The van der Waals surface area contributed by atoms with E-state index in [1.54, 1.807) is 0 Å². The molecule has 2 N–H and O–H groups in total. The number of rotatable bonds is 9. The minimum absolute atomic E-state index is 0.169. The van der Waals surface area contributed by atoms with Gasteiger partial charge < -0.3 is 15.2 Å². The van der Waals surface area contributed by atoms with E-state index in [1.807, 2.05) is 0 Å². The molecule has 2 aliphatic carbocycles. The molecule has 0 aliphatic heterocycles. The van der Waals surface area contributed by atoms with Crippen molar-refractivity contribution in [1.29, 1.82) is 0 Å². The number of aryl methyl sites for hydroxylation is 1. The summed E-state index contributed by atoms with van der Waals surface area (Å²) < 4.78 is 6.00. The monoisotopic (exact) mass is 289 g/mol. The Bertz CT molecular complexity index is 451. The first-order chi connectivity index (χ1) is 10.3. The van der Waals surface area contributed by atoms with Gasteiger partial charge in [0.25, 0.3) is 0 Å². The summed E-state index contributed by atoms with van der Waals surface area (Å²) in [5, 5.41) is 13.6. The lowest BCUT2D eigenvalue weighted by molar-refractivity contribution is 0.0831. The van der Waals surface area contributed by atoms with Crippen molar-refractivity contribution in [3.05, 3.63) is 29.8 Å². The number of ether oxygens (including phenoxy) is 1. The second-order valence-corrected chi connectivity index (χ2v) is 6.69. The first-order valence-electron chi connectivity index (χ1n) is 8.36. The Balaban J connectivity index is 1.60. The summed E-state index contributed by atoms with van der Waals surface area (Å²) in [6.07, 6.45) is 7.17. The third-order valence-electron chi connectivity index (χ3n) is 4.67. The molecule has 0 radical (unpaired) electrons. The predicted molar refractivity (Wildman–Crippen MR) is 84.6 cm³/mol. The highest BCUT2D eigenvalue weighted by Gasteiger charge is 2.48. The molecule has 1 aromatic carbocycles. The summed E-state index contributed by atoms with van der Waals surface area (Å²) in [4.78, 5) is 0. The molecule has 0 heterocycles. The van der Waals surface area contributed by atoms with E-state index in [2.05, 4.69) is 36.5 Å². The lowest BCUT2D eigenvalue weighted by Gasteiger charge is -2.33. The molecular weight excluding hydrogens is 262 g/mol. The van der Waals surface area contributed by atoms with Crippen molar-refractivity contribution in [2.45, 2.75) is 57.0 Å². The largest absolute Gasteiger partial charge is 0.492 e. The van der Waals surface area contributed by atoms with E-state index in [9.17, 15) is 5.11 Å². The molecule has 2 fully saturated rings. The van der Waals surface area contributed by atoms with E-state index in [0.717, 1.165) is 12.2 Å². The average molecular weight is 289 g/mol. The zero-order valence-corrected chi connectivity index (χ0v) is 13.0. The molecule has 1 aromatic rings. The van der Waals surface area contributed by atoms with Gasteiger partial charge in [-0.25, -0.2) is 0 Å². The summed E-state index contributed by atoms with van der Waals surface area (Å²) in [5.41, 5.74) is 1.13. The third kappa shape index (κ3) is 3.78. The van der Waals surface area contributed by atoms with Gasteiger partial charge in [0.15, 0.2) is 0 Å². The van der Waals surface area contributed by atoms with Gasteiger partial charge in [0, 0.05) is 6.04 Å². The second-order valence-electron chi connectivity index (χ2n) is 6.69. The Morgan fingerprint density at radius 2 is 1.90 bits per heavy atom. The highest BCUT2D eigenvalue weighted by Crippen LogP contribution is 2.41. The molecule has 116 valence electrons. The third-order valence-corrected chi connectivity index (χ3v) is 4.67. The molecule has 0 saturated heterocycles. The molecule has 0 bridgehead atoms. The van der Waals surface area contributed by atoms with Crippen LogP contribution in [0.25, 0.3) is 0 Å². The fourth-order valence-electron chi connectivity index (χ4n) is 3.02. The van der Waals surface area contributed by atoms with Gasteiger partial charge in [-0.05, 0) is 55.7 Å². The Hall–Kier alpha value is -1.06. The van der Waals surface area contributed by atoms with E-state index < -0.39 is 0 Å². The van der Waals surface area contributed by atoms with Crippen molar-refractivity contribution < 1.29 is 9.84 Å². The predicted octanol–water partition coefficient (Wildman–Crippen LogP) is 2.91. The molecule has 21 heavy (non-hydrogen) atoms. The molecule has 0 spiro atoms. The van der Waals surface area contributed by atoms with Crippen molar-refractivity contribution in [1.82, 2.24) is 5.32 Å². The summed E-state index contributed by atoms with van der Waals surface area (Å²) in [7, 11) is 0. The Morgan fingerprint density at radius 1 is 1.19 bits per heavy atom. The van der Waals surface area contributed by atoms with Gasteiger partial charge in [-0.15, -0.1) is 0 Å². The van der Waals surface area contributed by atoms with E-state index in [4.69, 9.17) is 4.74 Å². The van der Waals surface area contributed by atoms with Crippen LogP contribution in [0.1, 0.15) is 44.6 Å². The maximum atomic E-state index is 9.91. The van der Waals surface area contributed by atoms with Crippen molar-refractivity contribution >= 4 is 0 Å². The van der Waals surface area contributed by atoms with Crippen molar-refractivity contribution in [2.75, 3.05) is 13.2 Å². The van der Waals surface area contributed by atoms with Crippen LogP contribution in [0.15, 0.2) is 24.3 Å². The number of nitrogens with one attached hydrogen (secondary N) is 1. The van der Waals surface area contributed by atoms with Gasteiger partial charge in [-0.2, -0.15) is 0 Å². The van der Waals surface area contributed by atoms with Gasteiger partial charge >= 0.3 is 0 Å². The Morgan fingerprint density at radius 3 is 2.43 bits per heavy atom. The Kier molecular flexibility index (Phi) is 4.51. The van der Waals surface area contributed by atoms with Crippen LogP contribution in [-0.4, -0.2) is 29.9 Å². The quantitative estimate of drug-likeness (QED) is 0.734. The Labute approximate surface area is 127 Å². The number of aliphatic hydroxyl groups is 1. The van der Waals surface area contributed by atoms with Crippen LogP contribution in [0.3, 0.4) is 0 Å². The first kappa shape index (κ1) is 14.9. The zero-order valence-electron chi connectivity index (χ0n) is 13.0. The normalized spacial score (nSPS) is 21.0. The lowest BCUT2D eigenvalue weighted by Crippen LogP contribution is -2.56. The van der Waals surface area contributed by atoms with Crippen molar-refractivity contribution in [2.24, 2.45) is 5.92 Å². The lowest BCUT2D eigenvalue weighted by atomic mass is 9.95. The van der Waals surface area contributed by atoms with Crippen LogP contribution in [0.2, 0.25) is 0 Å². The molecule has 1 atom stereocenters. The van der Waals surface area contributed by atoms with Crippen LogP contribution in [0.5, 0.6) is 5.75 Å². The minimum atomic E-state index is -0.233. The topological polar surface area (TPSA) is 41.5 Å². The molecule has 3 nitrogen and oxygen atoms in total. The maximum Gasteiger partial charge on any atom is 0.119 e. The fourth-order valence-corrected chi connectivity index (χ4v) is 3.02. The minimum Gasteiger partial charge on any atom is -0.492 e. The highest BCUT2D eigenvalue weighted by atomic mass is 16.5. The highest BCUT2D eigenvalue weighted by molar-refractivity contribution is 5.27. The summed E-state index contributed by atoms with van der Waals surface area (Å²) in [6, 6.07) is 8.98. The summed E-state index contributed by atoms with van der Waals surface area (Å²) in [5.74, 6) is 1.48. The van der Waals surface area contributed by atoms with E-state index in [-0.39, 0.29) is 12.1 Å². The number of hydrogen-bond acceptors (Lipinski definition) is 3. The number of hydrogen-bond donors (Lipinski definition) is 2. The smallest absolute Gasteiger partial charge is 0.119 e. The molecule has 2 aliphatic rings. The zero-order chi connectivity index (χ0) is 14.7. The number of aliphatic hydroxyl groups excluding tert-OH is 1. The second kappa shape index (κ2) is 6.37. The van der Waals surface area contributed by atoms with E-state index in [1.165, 1.54) is 37.7 Å². The average Bonchev–Trinajstić information content (AvgIpc) is 3.38. The molecule has 3 heteroatoms. The van der Waals surface area contributed by atoms with Crippen molar-refractivity contribution in [3.8, 4) is 5.75 Å².